The Morgan fingerprint density at radius 3 is 2.60 bits per heavy atom. The first-order valence-electron chi connectivity index (χ1n) is 7.81. The minimum atomic E-state index is -0.498. The Bertz CT molecular complexity index is 803. The van der Waals surface area contributed by atoms with Crippen LogP contribution in [-0.2, 0) is 0 Å². The lowest BCUT2D eigenvalue weighted by molar-refractivity contribution is -0.385. The minimum Gasteiger partial charge on any atom is -0.493 e. The van der Waals surface area contributed by atoms with Crippen LogP contribution in [0.1, 0.15) is 23.6 Å². The molecule has 0 atom stereocenters. The lowest BCUT2D eigenvalue weighted by Crippen LogP contribution is -2.02. The molecule has 0 radical (unpaired) electrons. The van der Waals surface area contributed by atoms with E-state index in [2.05, 4.69) is 10.5 Å². The van der Waals surface area contributed by atoms with Gasteiger partial charge in [0.15, 0.2) is 5.75 Å². The minimum absolute atomic E-state index is 0.120. The number of anilines is 1. The van der Waals surface area contributed by atoms with Crippen LogP contribution in [0.15, 0.2) is 35.4 Å². The molecule has 2 aromatic carbocycles. The average Bonchev–Trinajstić information content (AvgIpc) is 2.58. The second-order valence-corrected chi connectivity index (χ2v) is 5.43. The van der Waals surface area contributed by atoms with Crippen LogP contribution in [-0.4, -0.2) is 24.9 Å². The Morgan fingerprint density at radius 2 is 2.00 bits per heavy atom. The van der Waals surface area contributed by atoms with Crippen LogP contribution in [0, 0.1) is 24.0 Å². The number of nitrogens with zero attached hydrogens (tertiary/aromatic N) is 2. The van der Waals surface area contributed by atoms with Crippen molar-refractivity contribution in [2.75, 3.05) is 19.1 Å². The zero-order valence-corrected chi connectivity index (χ0v) is 14.7. The number of aryl methyl sites for hydroxylation is 2. The maximum atomic E-state index is 11.3. The molecule has 1 N–H and O–H groups in total. The molecule has 2 aromatic rings. The molecule has 7 heteroatoms. The lowest BCUT2D eigenvalue weighted by atomic mass is 10.1. The van der Waals surface area contributed by atoms with Gasteiger partial charge in [0.25, 0.3) is 0 Å². The Balaban J connectivity index is 2.27. The lowest BCUT2D eigenvalue weighted by Gasteiger charge is -2.10. The standard InChI is InChI=1S/C18H21N3O4/c1-5-25-18-16(21(22)23)9-14(10-17(18)24-4)11-19-20-15-7-6-12(2)13(3)8-15/h6-11,20H,5H2,1-4H3/b19-11+. The van der Waals surface area contributed by atoms with Gasteiger partial charge in [0, 0.05) is 11.6 Å². The predicted molar refractivity (Wildman–Crippen MR) is 98.0 cm³/mol. The van der Waals surface area contributed by atoms with Gasteiger partial charge in [0.2, 0.25) is 5.75 Å². The monoisotopic (exact) mass is 343 g/mol. The van der Waals surface area contributed by atoms with E-state index in [9.17, 15) is 10.1 Å². The summed E-state index contributed by atoms with van der Waals surface area (Å²) in [4.78, 5) is 10.8. The van der Waals surface area contributed by atoms with Gasteiger partial charge in [-0.3, -0.25) is 15.5 Å². The van der Waals surface area contributed by atoms with Gasteiger partial charge in [0.1, 0.15) is 0 Å². The molecule has 0 saturated heterocycles. The molecule has 0 fully saturated rings. The number of benzene rings is 2. The fraction of sp³-hybridized carbons (Fsp3) is 0.278. The van der Waals surface area contributed by atoms with E-state index in [1.807, 2.05) is 32.0 Å². The van der Waals surface area contributed by atoms with E-state index in [-0.39, 0.29) is 11.4 Å². The SMILES string of the molecule is CCOc1c(OC)cc(/C=N/Nc2ccc(C)c(C)c2)cc1[N+](=O)[O-]. The number of nitro groups is 1. The quantitative estimate of drug-likeness (QED) is 0.465. The summed E-state index contributed by atoms with van der Waals surface area (Å²) in [7, 11) is 1.44. The molecule has 0 aromatic heterocycles. The van der Waals surface area contributed by atoms with E-state index in [0.29, 0.717) is 17.9 Å². The Labute approximate surface area is 146 Å². The van der Waals surface area contributed by atoms with Gasteiger partial charge < -0.3 is 9.47 Å². The van der Waals surface area contributed by atoms with Crippen LogP contribution < -0.4 is 14.9 Å². The summed E-state index contributed by atoms with van der Waals surface area (Å²) < 4.78 is 10.6. The van der Waals surface area contributed by atoms with Crippen molar-refractivity contribution in [3.63, 3.8) is 0 Å². The number of methoxy groups -OCH3 is 1. The number of hydrogen-bond donors (Lipinski definition) is 1. The first-order valence-corrected chi connectivity index (χ1v) is 7.81. The number of nitro benzene ring substituents is 1. The number of hydrazone groups is 1. The van der Waals surface area contributed by atoms with Crippen molar-refractivity contribution in [3.05, 3.63) is 57.1 Å². The van der Waals surface area contributed by atoms with Crippen molar-refractivity contribution in [1.29, 1.82) is 0 Å². The summed E-state index contributed by atoms with van der Waals surface area (Å²) in [5.41, 5.74) is 6.47. The maximum absolute atomic E-state index is 11.3. The second-order valence-electron chi connectivity index (χ2n) is 5.43. The Hall–Kier alpha value is -3.09. The molecule has 0 aliphatic rings. The number of ether oxygens (including phenoxy) is 2. The van der Waals surface area contributed by atoms with Gasteiger partial charge in [-0.05, 0) is 50.1 Å². The molecule has 132 valence electrons. The number of nitrogens with one attached hydrogen (secondary N) is 1. The van der Waals surface area contributed by atoms with E-state index in [1.54, 1.807) is 13.0 Å². The summed E-state index contributed by atoms with van der Waals surface area (Å²) in [6.07, 6.45) is 1.50. The third kappa shape index (κ3) is 4.47. The first kappa shape index (κ1) is 18.3. The molecule has 25 heavy (non-hydrogen) atoms. The highest BCUT2D eigenvalue weighted by molar-refractivity contribution is 5.83. The Morgan fingerprint density at radius 1 is 1.24 bits per heavy atom. The summed E-state index contributed by atoms with van der Waals surface area (Å²) in [6, 6.07) is 8.94. The van der Waals surface area contributed by atoms with E-state index in [4.69, 9.17) is 9.47 Å². The summed E-state index contributed by atoms with van der Waals surface area (Å²) >= 11 is 0. The zero-order valence-electron chi connectivity index (χ0n) is 14.7. The van der Waals surface area contributed by atoms with Crippen LogP contribution in [0.4, 0.5) is 11.4 Å². The van der Waals surface area contributed by atoms with Gasteiger partial charge in [-0.1, -0.05) is 6.07 Å². The third-order valence-electron chi connectivity index (χ3n) is 3.68. The van der Waals surface area contributed by atoms with Gasteiger partial charge in [-0.25, -0.2) is 0 Å². The van der Waals surface area contributed by atoms with E-state index < -0.39 is 4.92 Å². The molecule has 0 bridgehead atoms. The highest BCUT2D eigenvalue weighted by Gasteiger charge is 2.21. The predicted octanol–water partition coefficient (Wildman–Crippen LogP) is 4.06. The van der Waals surface area contributed by atoms with E-state index >= 15 is 0 Å². The highest BCUT2D eigenvalue weighted by Crippen LogP contribution is 2.37. The molecule has 0 aliphatic heterocycles. The highest BCUT2D eigenvalue weighted by atomic mass is 16.6. The maximum Gasteiger partial charge on any atom is 0.315 e. The zero-order chi connectivity index (χ0) is 18.4. The van der Waals surface area contributed by atoms with E-state index in [0.717, 1.165) is 11.3 Å². The van der Waals surface area contributed by atoms with Crippen LogP contribution in [0.25, 0.3) is 0 Å². The van der Waals surface area contributed by atoms with Gasteiger partial charge in [-0.15, -0.1) is 0 Å². The average molecular weight is 343 g/mol. The molecule has 0 spiro atoms. The van der Waals surface area contributed by atoms with Crippen molar-refractivity contribution in [1.82, 2.24) is 0 Å². The molecule has 0 unspecified atom stereocenters. The summed E-state index contributed by atoms with van der Waals surface area (Å²) in [5, 5.41) is 15.4. The fourth-order valence-corrected chi connectivity index (χ4v) is 2.25. The van der Waals surface area contributed by atoms with Crippen LogP contribution >= 0.6 is 0 Å². The van der Waals surface area contributed by atoms with Crippen molar-refractivity contribution >= 4 is 17.6 Å². The van der Waals surface area contributed by atoms with Crippen molar-refractivity contribution in [2.24, 2.45) is 5.10 Å². The van der Waals surface area contributed by atoms with Gasteiger partial charge in [-0.2, -0.15) is 5.10 Å². The molecule has 0 heterocycles. The van der Waals surface area contributed by atoms with Crippen LogP contribution in [0.5, 0.6) is 11.5 Å². The molecule has 0 saturated carbocycles. The van der Waals surface area contributed by atoms with Gasteiger partial charge in [0.05, 0.1) is 30.5 Å². The third-order valence-corrected chi connectivity index (χ3v) is 3.68. The molecular weight excluding hydrogens is 322 g/mol. The second kappa shape index (κ2) is 8.14. The van der Waals surface area contributed by atoms with Crippen LogP contribution in [0.2, 0.25) is 0 Å². The molecular formula is C18H21N3O4. The molecule has 2 rings (SSSR count). The molecule has 0 aliphatic carbocycles. The molecule has 0 amide bonds. The van der Waals surface area contributed by atoms with Crippen molar-refractivity contribution in [3.8, 4) is 11.5 Å². The summed E-state index contributed by atoms with van der Waals surface area (Å²) in [6.45, 7) is 6.11. The normalized spacial score (nSPS) is 10.7. The molecule has 7 nitrogen and oxygen atoms in total. The summed E-state index contributed by atoms with van der Waals surface area (Å²) in [5.74, 6) is 0.415. The van der Waals surface area contributed by atoms with Crippen molar-refractivity contribution in [2.45, 2.75) is 20.8 Å². The van der Waals surface area contributed by atoms with E-state index in [1.165, 1.54) is 25.0 Å². The largest absolute Gasteiger partial charge is 0.493 e. The van der Waals surface area contributed by atoms with Crippen LogP contribution in [0.3, 0.4) is 0 Å². The first-order chi connectivity index (χ1) is 12.0. The van der Waals surface area contributed by atoms with Crippen molar-refractivity contribution < 1.29 is 14.4 Å². The fourth-order valence-electron chi connectivity index (χ4n) is 2.25. The number of rotatable bonds is 7. The Kier molecular flexibility index (Phi) is 5.94. The van der Waals surface area contributed by atoms with Gasteiger partial charge >= 0.3 is 5.69 Å². The smallest absolute Gasteiger partial charge is 0.315 e. The topological polar surface area (TPSA) is 86.0 Å². The number of hydrogen-bond acceptors (Lipinski definition) is 6.